The monoisotopic (exact) mass is 598 g/mol. The SMILES string of the molecule is C=CCc1c(CC=C)c(CC=C)c2cc3cc4cc5c(CC=C)c(CC=C)c(CC=C)c(CC=C)c5cc4cc3cc2c1CC=C. The van der Waals surface area contributed by atoms with Gasteiger partial charge in [0.1, 0.15) is 0 Å². The Morgan fingerprint density at radius 3 is 0.609 bits per heavy atom. The third-order valence-electron chi connectivity index (χ3n) is 9.34. The molecule has 5 aromatic carbocycles. The Kier molecular flexibility index (Phi) is 10.2. The zero-order chi connectivity index (χ0) is 32.8. The molecule has 0 aromatic heterocycles. The Balaban J connectivity index is 1.94. The van der Waals surface area contributed by atoms with E-state index in [1.165, 1.54) is 87.6 Å². The van der Waals surface area contributed by atoms with Gasteiger partial charge in [-0.15, -0.1) is 52.6 Å². The van der Waals surface area contributed by atoms with Gasteiger partial charge in [0.15, 0.2) is 0 Å². The number of hydrogen-bond donors (Lipinski definition) is 0. The van der Waals surface area contributed by atoms with Gasteiger partial charge in [-0.05, 0) is 175 Å². The molecule has 0 aliphatic heterocycles. The lowest BCUT2D eigenvalue weighted by molar-refractivity contribution is 1.07. The summed E-state index contributed by atoms with van der Waals surface area (Å²) in [5.74, 6) is 0. The van der Waals surface area contributed by atoms with Gasteiger partial charge in [-0.25, -0.2) is 0 Å². The number of benzene rings is 5. The molecule has 0 aliphatic rings. The maximum Gasteiger partial charge on any atom is -0.00910 e. The minimum absolute atomic E-state index is 0.804. The minimum atomic E-state index is 0.804. The molecule has 0 radical (unpaired) electrons. The van der Waals surface area contributed by atoms with Crippen LogP contribution >= 0.6 is 0 Å². The van der Waals surface area contributed by atoms with Crippen molar-refractivity contribution < 1.29 is 0 Å². The molecule has 0 spiro atoms. The highest BCUT2D eigenvalue weighted by molar-refractivity contribution is 6.10. The van der Waals surface area contributed by atoms with Crippen LogP contribution in [0, 0.1) is 0 Å². The summed E-state index contributed by atoms with van der Waals surface area (Å²) in [5, 5.41) is 10.1. The minimum Gasteiger partial charge on any atom is -0.103 e. The Morgan fingerprint density at radius 2 is 0.435 bits per heavy atom. The second-order valence-electron chi connectivity index (χ2n) is 12.1. The highest BCUT2D eigenvalue weighted by atomic mass is 14.2. The van der Waals surface area contributed by atoms with Crippen LogP contribution in [0.2, 0.25) is 0 Å². The molecule has 0 nitrogen and oxygen atoms in total. The van der Waals surface area contributed by atoms with Gasteiger partial charge < -0.3 is 0 Å². The van der Waals surface area contributed by atoms with E-state index in [1.54, 1.807) is 0 Å². The standard InChI is InChI=1S/C46H46/c1-9-17-35-36(18-10-2)40(22-14-6)44-28-32-26-34-30-46-42(24-16-8)38(20-12-4)37(19-11-3)41(23-15-7)45(46)29-33(34)25-31(32)27-43(44)39(35)21-13-5/h9-16,25-30H,1-8,17-24H2. The average Bonchev–Trinajstić information content (AvgIpc) is 3.05. The summed E-state index contributed by atoms with van der Waals surface area (Å²) in [6, 6.07) is 14.3. The summed E-state index contributed by atoms with van der Waals surface area (Å²) in [7, 11) is 0. The molecule has 0 bridgehead atoms. The normalized spacial score (nSPS) is 11.1. The summed E-state index contributed by atoms with van der Waals surface area (Å²) >= 11 is 0. The third kappa shape index (κ3) is 5.77. The van der Waals surface area contributed by atoms with Crippen molar-refractivity contribution in [2.75, 3.05) is 0 Å². The van der Waals surface area contributed by atoms with Crippen molar-refractivity contribution in [3.05, 3.63) is 182 Å². The van der Waals surface area contributed by atoms with Crippen molar-refractivity contribution in [1.29, 1.82) is 0 Å². The zero-order valence-corrected chi connectivity index (χ0v) is 27.4. The predicted octanol–water partition coefficient (Wildman–Crippen LogP) is 12.1. The van der Waals surface area contributed by atoms with Crippen LogP contribution in [0.5, 0.6) is 0 Å². The summed E-state index contributed by atoms with van der Waals surface area (Å²) in [5.41, 5.74) is 10.7. The Morgan fingerprint density at radius 1 is 0.261 bits per heavy atom. The topological polar surface area (TPSA) is 0 Å². The van der Waals surface area contributed by atoms with Gasteiger partial charge in [0.25, 0.3) is 0 Å². The number of fused-ring (bicyclic) bond motifs is 4. The Bertz CT molecular complexity index is 1780. The highest BCUT2D eigenvalue weighted by Crippen LogP contribution is 2.40. The fraction of sp³-hybridized carbons (Fsp3) is 0.174. The van der Waals surface area contributed by atoms with Crippen molar-refractivity contribution >= 4 is 43.1 Å². The molecule has 5 rings (SSSR count). The third-order valence-corrected chi connectivity index (χ3v) is 9.34. The fourth-order valence-electron chi connectivity index (χ4n) is 7.55. The first kappa shape index (κ1) is 32.5. The van der Waals surface area contributed by atoms with E-state index in [9.17, 15) is 0 Å². The summed E-state index contributed by atoms with van der Waals surface area (Å²) in [6.45, 7) is 32.9. The number of allylic oxidation sites excluding steroid dienone is 8. The lowest BCUT2D eigenvalue weighted by Gasteiger charge is -2.22. The predicted molar refractivity (Wildman–Crippen MR) is 208 cm³/mol. The van der Waals surface area contributed by atoms with Crippen molar-refractivity contribution in [2.24, 2.45) is 0 Å². The molecule has 0 fully saturated rings. The van der Waals surface area contributed by atoms with Gasteiger partial charge in [-0.2, -0.15) is 0 Å². The first-order valence-electron chi connectivity index (χ1n) is 16.3. The van der Waals surface area contributed by atoms with E-state index >= 15 is 0 Å². The van der Waals surface area contributed by atoms with Crippen LogP contribution in [-0.4, -0.2) is 0 Å². The molecular weight excluding hydrogens is 553 g/mol. The van der Waals surface area contributed by atoms with Crippen LogP contribution in [0.3, 0.4) is 0 Å². The summed E-state index contributed by atoms with van der Waals surface area (Å²) in [4.78, 5) is 0. The molecule has 0 aliphatic carbocycles. The molecular formula is C46H46. The van der Waals surface area contributed by atoms with Crippen molar-refractivity contribution in [3.8, 4) is 0 Å². The van der Waals surface area contributed by atoms with Crippen molar-refractivity contribution in [3.63, 3.8) is 0 Å². The first-order valence-corrected chi connectivity index (χ1v) is 16.3. The number of rotatable bonds is 16. The van der Waals surface area contributed by atoms with Crippen LogP contribution in [0.15, 0.2) is 138 Å². The van der Waals surface area contributed by atoms with E-state index < -0.39 is 0 Å². The molecule has 0 atom stereocenters. The summed E-state index contributed by atoms with van der Waals surface area (Å²) in [6.07, 6.45) is 22.6. The lowest BCUT2D eigenvalue weighted by Crippen LogP contribution is -2.06. The molecule has 5 aromatic rings. The largest absolute Gasteiger partial charge is 0.103 e. The van der Waals surface area contributed by atoms with Crippen LogP contribution < -0.4 is 0 Å². The van der Waals surface area contributed by atoms with Gasteiger partial charge in [0, 0.05) is 0 Å². The molecule has 0 saturated heterocycles. The van der Waals surface area contributed by atoms with Crippen LogP contribution in [0.1, 0.15) is 44.5 Å². The Labute approximate surface area is 275 Å². The molecule has 0 unspecified atom stereocenters. The van der Waals surface area contributed by atoms with Gasteiger partial charge in [0.05, 0.1) is 0 Å². The zero-order valence-electron chi connectivity index (χ0n) is 27.4. The molecule has 0 saturated carbocycles. The van der Waals surface area contributed by atoms with E-state index in [0.717, 1.165) is 51.4 Å². The maximum absolute atomic E-state index is 4.13. The smallest absolute Gasteiger partial charge is 0.00910 e. The molecule has 0 heteroatoms. The van der Waals surface area contributed by atoms with Gasteiger partial charge in [-0.1, -0.05) is 48.6 Å². The lowest BCUT2D eigenvalue weighted by atomic mass is 9.82. The van der Waals surface area contributed by atoms with E-state index in [-0.39, 0.29) is 0 Å². The second-order valence-corrected chi connectivity index (χ2v) is 12.1. The van der Waals surface area contributed by atoms with Crippen LogP contribution in [-0.2, 0) is 51.4 Å². The van der Waals surface area contributed by atoms with Gasteiger partial charge in [0.2, 0.25) is 0 Å². The van der Waals surface area contributed by atoms with Crippen molar-refractivity contribution in [2.45, 2.75) is 51.4 Å². The maximum atomic E-state index is 4.13. The highest BCUT2D eigenvalue weighted by Gasteiger charge is 2.20. The van der Waals surface area contributed by atoms with E-state index in [0.29, 0.717) is 0 Å². The second kappa shape index (κ2) is 14.4. The average molecular weight is 599 g/mol. The quantitative estimate of drug-likeness (QED) is 0.0783. The van der Waals surface area contributed by atoms with Crippen LogP contribution in [0.25, 0.3) is 43.1 Å². The van der Waals surface area contributed by atoms with Gasteiger partial charge in [-0.3, -0.25) is 0 Å². The molecule has 0 N–H and O–H groups in total. The Hall–Kier alpha value is -4.94. The van der Waals surface area contributed by atoms with Crippen molar-refractivity contribution in [1.82, 2.24) is 0 Å². The molecule has 0 amide bonds. The molecule has 46 heavy (non-hydrogen) atoms. The molecule has 230 valence electrons. The van der Waals surface area contributed by atoms with Crippen LogP contribution in [0.4, 0.5) is 0 Å². The molecule has 0 heterocycles. The van der Waals surface area contributed by atoms with Gasteiger partial charge >= 0.3 is 0 Å². The first-order chi connectivity index (χ1) is 22.5. The number of hydrogen-bond acceptors (Lipinski definition) is 0. The van der Waals surface area contributed by atoms with E-state index in [4.69, 9.17) is 0 Å². The van der Waals surface area contributed by atoms with E-state index in [2.05, 4.69) is 89.0 Å². The summed E-state index contributed by atoms with van der Waals surface area (Å²) < 4.78 is 0. The fourth-order valence-corrected chi connectivity index (χ4v) is 7.55. The van der Waals surface area contributed by atoms with E-state index in [1.807, 2.05) is 48.6 Å².